The number of hydrogen-bond acceptors (Lipinski definition) is 5. The van der Waals surface area contributed by atoms with Crippen LogP contribution in [-0.2, 0) is 40.7 Å². The van der Waals surface area contributed by atoms with Crippen molar-refractivity contribution in [3.8, 4) is 0 Å². The van der Waals surface area contributed by atoms with E-state index in [0.29, 0.717) is 12.2 Å². The van der Waals surface area contributed by atoms with Gasteiger partial charge in [0.05, 0.1) is 23.7 Å². The van der Waals surface area contributed by atoms with Crippen LogP contribution in [0.2, 0.25) is 0 Å². The number of fused-ring (bicyclic) bond motifs is 2. The van der Waals surface area contributed by atoms with Gasteiger partial charge < -0.3 is 5.32 Å². The molecule has 0 fully saturated rings. The smallest absolute Gasteiger partial charge is 0.245 e. The number of aromatic nitrogens is 3. The number of benzene rings is 1. The van der Waals surface area contributed by atoms with Gasteiger partial charge in [-0.3, -0.25) is 4.79 Å². The van der Waals surface area contributed by atoms with Crippen molar-refractivity contribution in [3.63, 3.8) is 0 Å². The summed E-state index contributed by atoms with van der Waals surface area (Å²) in [5, 5.41) is 11.1. The minimum Gasteiger partial charge on any atom is -0.349 e. The lowest BCUT2D eigenvalue weighted by atomic mass is 9.92. The molecule has 1 aliphatic heterocycles. The highest BCUT2D eigenvalue weighted by atomic mass is 32.2. The topological polar surface area (TPSA) is 106 Å². The fourth-order valence-corrected chi connectivity index (χ4v) is 5.02. The van der Waals surface area contributed by atoms with Crippen LogP contribution in [0.4, 0.5) is 0 Å². The van der Waals surface area contributed by atoms with E-state index in [-0.39, 0.29) is 23.3 Å². The molecule has 1 aromatic heterocycles. The number of aryl methyl sites for hydroxylation is 2. The summed E-state index contributed by atoms with van der Waals surface area (Å²) in [6, 6.07) is 4.95. The molecule has 9 heteroatoms. The molecule has 8 nitrogen and oxygen atoms in total. The van der Waals surface area contributed by atoms with Crippen molar-refractivity contribution < 1.29 is 13.2 Å². The first-order chi connectivity index (χ1) is 13.4. The number of rotatable bonds is 5. The van der Waals surface area contributed by atoms with Gasteiger partial charge in [-0.2, -0.15) is 0 Å². The van der Waals surface area contributed by atoms with Crippen LogP contribution < -0.4 is 10.0 Å². The standard InChI is InChI=1S/C19H25N5O3S/c1-12(2)18-19(25)20-11-17-16(22-23-24(17)18)10-21-28(26,27)15-8-7-13-5-3-4-6-14(13)9-15/h7-9,12,18,21H,3-6,10-11H2,1-2H3,(H,20,25). The van der Waals surface area contributed by atoms with Gasteiger partial charge in [0.15, 0.2) is 0 Å². The van der Waals surface area contributed by atoms with Crippen molar-refractivity contribution >= 4 is 15.9 Å². The number of nitrogens with one attached hydrogen (secondary N) is 2. The van der Waals surface area contributed by atoms with E-state index in [1.165, 1.54) is 5.56 Å². The largest absolute Gasteiger partial charge is 0.349 e. The maximum absolute atomic E-state index is 12.8. The van der Waals surface area contributed by atoms with Crippen molar-refractivity contribution in [2.75, 3.05) is 0 Å². The fraction of sp³-hybridized carbons (Fsp3) is 0.526. The molecule has 2 heterocycles. The Balaban J connectivity index is 1.53. The summed E-state index contributed by atoms with van der Waals surface area (Å²) in [6.07, 6.45) is 4.19. The first kappa shape index (κ1) is 19.1. The number of carbonyl (C=O) groups is 1. The first-order valence-corrected chi connectivity index (χ1v) is 11.2. The fourth-order valence-electron chi connectivity index (χ4n) is 3.99. The number of nitrogens with zero attached hydrogens (tertiary/aromatic N) is 3. The van der Waals surface area contributed by atoms with Crippen LogP contribution in [0.1, 0.15) is 55.2 Å². The Bertz CT molecular complexity index is 1010. The van der Waals surface area contributed by atoms with Crippen LogP contribution >= 0.6 is 0 Å². The molecule has 0 bridgehead atoms. The van der Waals surface area contributed by atoms with Crippen molar-refractivity contribution in [2.45, 2.75) is 63.6 Å². The quantitative estimate of drug-likeness (QED) is 0.786. The van der Waals surface area contributed by atoms with Crippen molar-refractivity contribution in [1.82, 2.24) is 25.0 Å². The highest BCUT2D eigenvalue weighted by molar-refractivity contribution is 7.89. The summed E-state index contributed by atoms with van der Waals surface area (Å²) in [5.74, 6) is -0.0330. The molecule has 2 aliphatic rings. The molecule has 1 aliphatic carbocycles. The third-order valence-electron chi connectivity index (χ3n) is 5.53. The molecule has 1 unspecified atom stereocenters. The van der Waals surface area contributed by atoms with Crippen molar-refractivity contribution in [3.05, 3.63) is 40.7 Å². The van der Waals surface area contributed by atoms with Crippen LogP contribution in [0.3, 0.4) is 0 Å². The molecule has 4 rings (SSSR count). The van der Waals surface area contributed by atoms with Crippen molar-refractivity contribution in [1.29, 1.82) is 0 Å². The molecule has 28 heavy (non-hydrogen) atoms. The average molecular weight is 404 g/mol. The lowest BCUT2D eigenvalue weighted by Crippen LogP contribution is -2.42. The normalized spacial score (nSPS) is 19.2. The molecular weight excluding hydrogens is 378 g/mol. The lowest BCUT2D eigenvalue weighted by molar-refractivity contribution is -0.127. The highest BCUT2D eigenvalue weighted by Crippen LogP contribution is 2.26. The Morgan fingerprint density at radius 3 is 2.75 bits per heavy atom. The number of sulfonamides is 1. The molecule has 1 atom stereocenters. The van der Waals surface area contributed by atoms with Crippen LogP contribution in [0.5, 0.6) is 0 Å². The Morgan fingerprint density at radius 2 is 2.00 bits per heavy atom. The predicted molar refractivity (Wildman–Crippen MR) is 103 cm³/mol. The third-order valence-corrected chi connectivity index (χ3v) is 6.92. The number of amides is 1. The zero-order chi connectivity index (χ0) is 19.9. The average Bonchev–Trinajstić information content (AvgIpc) is 3.08. The van der Waals surface area contributed by atoms with E-state index >= 15 is 0 Å². The maximum atomic E-state index is 12.8. The molecule has 2 aromatic rings. The van der Waals surface area contributed by atoms with Gasteiger partial charge in [0.25, 0.3) is 0 Å². The van der Waals surface area contributed by atoms with E-state index < -0.39 is 16.1 Å². The van der Waals surface area contributed by atoms with Gasteiger partial charge in [-0.05, 0) is 54.9 Å². The summed E-state index contributed by atoms with van der Waals surface area (Å²) in [5.41, 5.74) is 3.64. The number of carbonyl (C=O) groups excluding carboxylic acids is 1. The van der Waals surface area contributed by atoms with E-state index in [0.717, 1.165) is 36.9 Å². The number of hydrogen-bond donors (Lipinski definition) is 2. The summed E-state index contributed by atoms with van der Waals surface area (Å²) in [6.45, 7) is 4.22. The highest BCUT2D eigenvalue weighted by Gasteiger charge is 2.33. The van der Waals surface area contributed by atoms with Crippen LogP contribution in [0, 0.1) is 5.92 Å². The van der Waals surface area contributed by atoms with E-state index in [4.69, 9.17) is 0 Å². The third kappa shape index (κ3) is 3.44. The van der Waals surface area contributed by atoms with E-state index in [9.17, 15) is 13.2 Å². The molecule has 1 aromatic carbocycles. The summed E-state index contributed by atoms with van der Waals surface area (Å²) in [4.78, 5) is 12.4. The van der Waals surface area contributed by atoms with Crippen LogP contribution in [-0.4, -0.2) is 29.3 Å². The van der Waals surface area contributed by atoms with Gasteiger partial charge in [-0.1, -0.05) is 25.1 Å². The lowest BCUT2D eigenvalue weighted by Gasteiger charge is -2.26. The second-order valence-electron chi connectivity index (χ2n) is 7.80. The van der Waals surface area contributed by atoms with Gasteiger partial charge >= 0.3 is 0 Å². The van der Waals surface area contributed by atoms with Gasteiger partial charge in [-0.15, -0.1) is 5.10 Å². The second kappa shape index (κ2) is 7.29. The molecule has 0 saturated carbocycles. The van der Waals surface area contributed by atoms with Gasteiger partial charge in [0.1, 0.15) is 11.7 Å². The minimum atomic E-state index is -3.65. The summed E-state index contributed by atoms with van der Waals surface area (Å²) in [7, 11) is -3.65. The minimum absolute atomic E-state index is 0.0371. The van der Waals surface area contributed by atoms with Gasteiger partial charge in [0, 0.05) is 0 Å². The van der Waals surface area contributed by atoms with Gasteiger partial charge in [-0.25, -0.2) is 17.8 Å². The maximum Gasteiger partial charge on any atom is 0.245 e. The van der Waals surface area contributed by atoms with E-state index in [2.05, 4.69) is 20.4 Å². The summed E-state index contributed by atoms with van der Waals surface area (Å²) < 4.78 is 29.8. The van der Waals surface area contributed by atoms with Crippen molar-refractivity contribution in [2.24, 2.45) is 5.92 Å². The predicted octanol–water partition coefficient (Wildman–Crippen LogP) is 1.46. The van der Waals surface area contributed by atoms with E-state index in [1.54, 1.807) is 16.8 Å². The van der Waals surface area contributed by atoms with Gasteiger partial charge in [0.2, 0.25) is 15.9 Å². The molecule has 150 valence electrons. The first-order valence-electron chi connectivity index (χ1n) is 9.69. The Kier molecular flexibility index (Phi) is 4.96. The molecule has 1 amide bonds. The zero-order valence-corrected chi connectivity index (χ0v) is 16.9. The molecular formula is C19H25N5O3S. The Labute approximate surface area is 164 Å². The SMILES string of the molecule is CC(C)C1C(=O)NCc2c(CNS(=O)(=O)c3ccc4c(c3)CCCC4)nnn21. The Morgan fingerprint density at radius 1 is 1.25 bits per heavy atom. The molecule has 0 saturated heterocycles. The Hall–Kier alpha value is -2.26. The molecule has 0 spiro atoms. The van der Waals surface area contributed by atoms with Crippen LogP contribution in [0.25, 0.3) is 0 Å². The second-order valence-corrected chi connectivity index (χ2v) is 9.56. The monoisotopic (exact) mass is 403 g/mol. The van der Waals surface area contributed by atoms with E-state index in [1.807, 2.05) is 19.9 Å². The molecule has 0 radical (unpaired) electrons. The summed E-state index contributed by atoms with van der Waals surface area (Å²) >= 11 is 0. The van der Waals surface area contributed by atoms with Crippen LogP contribution in [0.15, 0.2) is 23.1 Å². The molecule has 2 N–H and O–H groups in total. The zero-order valence-electron chi connectivity index (χ0n) is 16.1.